The van der Waals surface area contributed by atoms with Gasteiger partial charge in [-0.3, -0.25) is 0 Å². The number of rotatable bonds is 3. The highest BCUT2D eigenvalue weighted by molar-refractivity contribution is 5.91. The number of methoxy groups -OCH3 is 1. The van der Waals surface area contributed by atoms with Crippen LogP contribution in [0, 0.1) is 0 Å². The highest BCUT2D eigenvalue weighted by Crippen LogP contribution is 2.43. The number of carbonyl (C=O) groups excluding carboxylic acids is 2. The highest BCUT2D eigenvalue weighted by atomic mass is 16.6. The minimum Gasteiger partial charge on any atom is -0.465 e. The van der Waals surface area contributed by atoms with Gasteiger partial charge in [0.05, 0.1) is 29.6 Å². The normalized spacial score (nSPS) is 16.0. The third kappa shape index (κ3) is 3.49. The lowest BCUT2D eigenvalue weighted by Crippen LogP contribution is -2.51. The van der Waals surface area contributed by atoms with Crippen LogP contribution in [0.3, 0.4) is 0 Å². The molecule has 7 heteroatoms. The molecule has 1 spiro atoms. The maximum atomic E-state index is 12.6. The first-order chi connectivity index (χ1) is 15.6. The molecule has 2 aliphatic rings. The molecule has 1 amide bonds. The first-order valence-corrected chi connectivity index (χ1v) is 10.7. The molecule has 0 saturated carbocycles. The molecular formula is C25H25N3O4. The number of piperidine rings is 1. The summed E-state index contributed by atoms with van der Waals surface area (Å²) < 4.78 is 12.6. The molecule has 1 saturated heterocycles. The molecule has 2 aromatic carbocycles. The molecule has 0 unspecified atom stereocenters. The molecule has 164 valence electrons. The van der Waals surface area contributed by atoms with Crippen molar-refractivity contribution in [1.82, 2.24) is 9.47 Å². The van der Waals surface area contributed by atoms with E-state index in [-0.39, 0.29) is 24.2 Å². The maximum absolute atomic E-state index is 12.6. The molecule has 7 nitrogen and oxygen atoms in total. The Hall–Kier alpha value is -3.74. The van der Waals surface area contributed by atoms with E-state index in [9.17, 15) is 9.59 Å². The molecule has 5 rings (SSSR count). The van der Waals surface area contributed by atoms with Crippen LogP contribution >= 0.6 is 0 Å². The predicted molar refractivity (Wildman–Crippen MR) is 120 cm³/mol. The van der Waals surface area contributed by atoms with Gasteiger partial charge in [-0.2, -0.15) is 0 Å². The number of anilines is 1. The van der Waals surface area contributed by atoms with Crippen molar-refractivity contribution in [1.29, 1.82) is 0 Å². The van der Waals surface area contributed by atoms with Crippen molar-refractivity contribution in [3.8, 4) is 5.69 Å². The summed E-state index contributed by atoms with van der Waals surface area (Å²) in [7, 11) is 1.38. The summed E-state index contributed by atoms with van der Waals surface area (Å²) in [5, 5.41) is 3.68. The SMILES string of the molecule is COC(=O)c1ccc2c(c1)NC1(CCN(C(=O)OCc3ccccc3)CC1)c1cccn1-2. The van der Waals surface area contributed by atoms with E-state index in [1.807, 2.05) is 54.7 Å². The zero-order valence-electron chi connectivity index (χ0n) is 17.9. The summed E-state index contributed by atoms with van der Waals surface area (Å²) in [4.78, 5) is 26.4. The van der Waals surface area contributed by atoms with Crippen molar-refractivity contribution < 1.29 is 19.1 Å². The van der Waals surface area contributed by atoms with Gasteiger partial charge in [-0.05, 0) is 48.7 Å². The number of likely N-dealkylation sites (tertiary alicyclic amines) is 1. The van der Waals surface area contributed by atoms with E-state index in [1.165, 1.54) is 7.11 Å². The Bertz CT molecular complexity index is 1150. The second-order valence-electron chi connectivity index (χ2n) is 8.22. The number of fused-ring (bicyclic) bond motifs is 4. The molecule has 3 aromatic rings. The van der Waals surface area contributed by atoms with Crippen molar-refractivity contribution in [3.05, 3.63) is 83.7 Å². The van der Waals surface area contributed by atoms with E-state index >= 15 is 0 Å². The van der Waals surface area contributed by atoms with Crippen molar-refractivity contribution in [2.45, 2.75) is 25.0 Å². The molecule has 32 heavy (non-hydrogen) atoms. The van der Waals surface area contributed by atoms with Gasteiger partial charge >= 0.3 is 12.1 Å². The first kappa shape index (κ1) is 20.2. The molecule has 2 aliphatic heterocycles. The Labute approximate surface area is 186 Å². The number of benzene rings is 2. The minimum absolute atomic E-state index is 0.270. The van der Waals surface area contributed by atoms with E-state index in [4.69, 9.17) is 9.47 Å². The highest BCUT2D eigenvalue weighted by Gasteiger charge is 2.42. The van der Waals surface area contributed by atoms with Crippen LogP contribution in [0.4, 0.5) is 10.5 Å². The van der Waals surface area contributed by atoms with Crippen LogP contribution in [-0.4, -0.2) is 41.7 Å². The Morgan fingerprint density at radius 2 is 1.81 bits per heavy atom. The summed E-state index contributed by atoms with van der Waals surface area (Å²) in [6.45, 7) is 1.43. The molecule has 0 aliphatic carbocycles. The number of nitrogens with one attached hydrogen (secondary N) is 1. The van der Waals surface area contributed by atoms with Crippen LogP contribution in [-0.2, 0) is 21.6 Å². The summed E-state index contributed by atoms with van der Waals surface area (Å²) in [5.74, 6) is -0.363. The fourth-order valence-electron chi connectivity index (χ4n) is 4.66. The van der Waals surface area contributed by atoms with Gasteiger partial charge < -0.3 is 24.3 Å². The molecular weight excluding hydrogens is 406 g/mol. The quantitative estimate of drug-likeness (QED) is 0.626. The number of nitrogens with zero attached hydrogens (tertiary/aromatic N) is 2. The fourth-order valence-corrected chi connectivity index (χ4v) is 4.66. The van der Waals surface area contributed by atoms with Gasteiger partial charge in [-0.25, -0.2) is 9.59 Å². The molecule has 0 atom stereocenters. The number of amides is 1. The van der Waals surface area contributed by atoms with Crippen LogP contribution < -0.4 is 5.32 Å². The zero-order valence-corrected chi connectivity index (χ0v) is 17.9. The minimum atomic E-state index is -0.363. The Kier molecular flexibility index (Phi) is 5.09. The van der Waals surface area contributed by atoms with E-state index < -0.39 is 0 Å². The number of ether oxygens (including phenoxy) is 2. The number of carbonyl (C=O) groups is 2. The van der Waals surface area contributed by atoms with Crippen LogP contribution in [0.1, 0.15) is 34.5 Å². The van der Waals surface area contributed by atoms with E-state index in [0.717, 1.165) is 35.5 Å². The molecule has 0 bridgehead atoms. The van der Waals surface area contributed by atoms with Gasteiger partial charge in [0.15, 0.2) is 0 Å². The van der Waals surface area contributed by atoms with Crippen molar-refractivity contribution >= 4 is 17.7 Å². The fraction of sp³-hybridized carbons (Fsp3) is 0.280. The molecule has 0 radical (unpaired) electrons. The molecule has 1 N–H and O–H groups in total. The standard InChI is InChI=1S/C25H25N3O4/c1-31-23(29)19-9-10-21-20(16-19)26-25(22-8-5-13-28(21)22)11-14-27(15-12-25)24(30)32-17-18-6-3-2-4-7-18/h2-10,13,16,26H,11-12,14-15,17H2,1H3. The Balaban J connectivity index is 1.32. The largest absolute Gasteiger partial charge is 0.465 e. The zero-order chi connectivity index (χ0) is 22.1. The summed E-state index contributed by atoms with van der Waals surface area (Å²) in [6, 6.07) is 19.4. The van der Waals surface area contributed by atoms with Crippen LogP contribution in [0.15, 0.2) is 66.9 Å². The lowest BCUT2D eigenvalue weighted by Gasteiger charge is -2.46. The van der Waals surface area contributed by atoms with E-state index in [1.54, 1.807) is 11.0 Å². The smallest absolute Gasteiger partial charge is 0.410 e. The van der Waals surface area contributed by atoms with E-state index in [2.05, 4.69) is 16.0 Å². The third-order valence-electron chi connectivity index (χ3n) is 6.37. The number of aromatic nitrogens is 1. The number of hydrogen-bond acceptors (Lipinski definition) is 5. The third-order valence-corrected chi connectivity index (χ3v) is 6.37. The maximum Gasteiger partial charge on any atom is 0.410 e. The Morgan fingerprint density at radius 3 is 2.56 bits per heavy atom. The molecule has 1 aromatic heterocycles. The van der Waals surface area contributed by atoms with Crippen molar-refractivity contribution in [2.75, 3.05) is 25.5 Å². The average molecular weight is 431 g/mol. The van der Waals surface area contributed by atoms with Gasteiger partial charge in [-0.15, -0.1) is 0 Å². The summed E-state index contributed by atoms with van der Waals surface area (Å²) >= 11 is 0. The van der Waals surface area contributed by atoms with Gasteiger partial charge in [0.2, 0.25) is 0 Å². The van der Waals surface area contributed by atoms with Crippen LogP contribution in [0.2, 0.25) is 0 Å². The van der Waals surface area contributed by atoms with E-state index in [0.29, 0.717) is 18.7 Å². The van der Waals surface area contributed by atoms with Gasteiger partial charge in [-0.1, -0.05) is 30.3 Å². The van der Waals surface area contributed by atoms with Crippen LogP contribution in [0.25, 0.3) is 5.69 Å². The summed E-state index contributed by atoms with van der Waals surface area (Å²) in [5.41, 5.74) is 4.20. The topological polar surface area (TPSA) is 72.8 Å². The van der Waals surface area contributed by atoms with Crippen molar-refractivity contribution in [2.24, 2.45) is 0 Å². The lowest BCUT2D eigenvalue weighted by molar-refractivity contribution is 0.0600. The van der Waals surface area contributed by atoms with Gasteiger partial charge in [0.1, 0.15) is 6.61 Å². The number of hydrogen-bond donors (Lipinski definition) is 1. The van der Waals surface area contributed by atoms with Crippen molar-refractivity contribution in [3.63, 3.8) is 0 Å². The Morgan fingerprint density at radius 1 is 1.03 bits per heavy atom. The second-order valence-corrected chi connectivity index (χ2v) is 8.22. The molecule has 3 heterocycles. The number of esters is 1. The van der Waals surface area contributed by atoms with Gasteiger partial charge in [0.25, 0.3) is 0 Å². The predicted octanol–water partition coefficient (Wildman–Crippen LogP) is 4.32. The average Bonchev–Trinajstić information content (AvgIpc) is 3.34. The van der Waals surface area contributed by atoms with Gasteiger partial charge in [0, 0.05) is 25.0 Å². The lowest BCUT2D eigenvalue weighted by atomic mass is 9.82. The van der Waals surface area contributed by atoms with Crippen LogP contribution in [0.5, 0.6) is 0 Å². The first-order valence-electron chi connectivity index (χ1n) is 10.7. The second kappa shape index (κ2) is 8.07. The summed E-state index contributed by atoms with van der Waals surface area (Å²) in [6.07, 6.45) is 3.22. The monoisotopic (exact) mass is 431 g/mol. The molecule has 1 fully saturated rings.